The van der Waals surface area contributed by atoms with E-state index in [0.29, 0.717) is 0 Å². The monoisotopic (exact) mass is 166 g/mol. The number of halogens is 1. The largest absolute Gasteiger partial charge is 0.393 e. The summed E-state index contributed by atoms with van der Waals surface area (Å²) in [6.45, 7) is 0.263. The Hall–Kier alpha value is -0.520. The number of aliphatic hydroxyl groups excluding tert-OH is 3. The van der Waals surface area contributed by atoms with Crippen LogP contribution in [0.15, 0.2) is 0 Å². The van der Waals surface area contributed by atoms with Gasteiger partial charge in [-0.3, -0.25) is 4.79 Å². The molecule has 0 aliphatic rings. The normalized spacial score (nSPS) is 19.0. The lowest BCUT2D eigenvalue weighted by atomic mass is 10.1. The van der Waals surface area contributed by atoms with Crippen LogP contribution in [0.4, 0.5) is 4.39 Å². The fourth-order valence-corrected chi connectivity index (χ4v) is 0.511. The van der Waals surface area contributed by atoms with Gasteiger partial charge in [-0.05, 0) is 6.92 Å². The molecule has 0 aromatic rings. The van der Waals surface area contributed by atoms with Crippen LogP contribution in [-0.4, -0.2) is 46.1 Å². The minimum absolute atomic E-state index is 0.827. The minimum atomic E-state index is -2.13. The van der Waals surface area contributed by atoms with E-state index >= 15 is 0 Å². The second-order valence-electron chi connectivity index (χ2n) is 2.24. The second kappa shape index (κ2) is 4.38. The number of aliphatic hydroxyl groups is 3. The molecule has 0 spiro atoms. The van der Waals surface area contributed by atoms with E-state index in [0.717, 1.165) is 6.92 Å². The van der Waals surface area contributed by atoms with E-state index in [1.807, 2.05) is 0 Å². The SMILES string of the molecule is C[C@@H](O)[C@H](F)C(=O)[C@@H](O)CO. The van der Waals surface area contributed by atoms with Gasteiger partial charge in [0.15, 0.2) is 12.0 Å². The van der Waals surface area contributed by atoms with Gasteiger partial charge in [-0.1, -0.05) is 0 Å². The first-order valence-electron chi connectivity index (χ1n) is 3.15. The molecule has 0 aromatic carbocycles. The Bertz CT molecular complexity index is 137. The lowest BCUT2D eigenvalue weighted by Crippen LogP contribution is -2.37. The van der Waals surface area contributed by atoms with E-state index in [4.69, 9.17) is 15.3 Å². The molecular formula is C6H11FO4. The number of hydrogen-bond acceptors (Lipinski definition) is 4. The van der Waals surface area contributed by atoms with E-state index in [2.05, 4.69) is 0 Å². The molecule has 0 bridgehead atoms. The van der Waals surface area contributed by atoms with E-state index in [1.165, 1.54) is 0 Å². The average molecular weight is 166 g/mol. The molecule has 0 heterocycles. The standard InChI is InChI=1S/C6H11FO4/c1-3(9)5(7)6(11)4(10)2-8/h3-5,8-10H,2H2,1H3/t3-,4+,5+/m1/s1. The van der Waals surface area contributed by atoms with E-state index < -0.39 is 30.8 Å². The van der Waals surface area contributed by atoms with E-state index in [1.54, 1.807) is 0 Å². The first-order chi connectivity index (χ1) is 5.00. The molecule has 11 heavy (non-hydrogen) atoms. The van der Waals surface area contributed by atoms with Crippen LogP contribution in [0.2, 0.25) is 0 Å². The van der Waals surface area contributed by atoms with Crippen LogP contribution in [0.25, 0.3) is 0 Å². The fraction of sp³-hybridized carbons (Fsp3) is 0.833. The van der Waals surface area contributed by atoms with Crippen molar-refractivity contribution >= 4 is 5.78 Å². The summed E-state index contributed by atoms with van der Waals surface area (Å²) in [7, 11) is 0. The van der Waals surface area contributed by atoms with E-state index in [9.17, 15) is 9.18 Å². The van der Waals surface area contributed by atoms with Gasteiger partial charge in [0.05, 0.1) is 12.7 Å². The van der Waals surface area contributed by atoms with Gasteiger partial charge in [0.25, 0.3) is 0 Å². The van der Waals surface area contributed by atoms with Gasteiger partial charge < -0.3 is 15.3 Å². The summed E-state index contributed by atoms with van der Waals surface area (Å²) in [5.74, 6) is -1.19. The van der Waals surface area contributed by atoms with Crippen molar-refractivity contribution in [3.05, 3.63) is 0 Å². The molecule has 0 rings (SSSR count). The number of carbonyl (C=O) groups is 1. The number of ketones is 1. The van der Waals surface area contributed by atoms with Crippen molar-refractivity contribution in [2.24, 2.45) is 0 Å². The van der Waals surface area contributed by atoms with Gasteiger partial charge in [-0.25, -0.2) is 4.39 Å². The number of rotatable bonds is 4. The average Bonchev–Trinajstić information content (AvgIpc) is 2.00. The highest BCUT2D eigenvalue weighted by molar-refractivity contribution is 5.87. The predicted molar refractivity (Wildman–Crippen MR) is 34.7 cm³/mol. The lowest BCUT2D eigenvalue weighted by molar-refractivity contribution is -0.137. The topological polar surface area (TPSA) is 77.8 Å². The van der Waals surface area contributed by atoms with Crippen molar-refractivity contribution in [3.8, 4) is 0 Å². The Labute approximate surface area is 63.3 Å². The lowest BCUT2D eigenvalue weighted by Gasteiger charge is -2.12. The van der Waals surface area contributed by atoms with Gasteiger partial charge >= 0.3 is 0 Å². The number of carbonyl (C=O) groups excluding carboxylic acids is 1. The zero-order valence-electron chi connectivity index (χ0n) is 6.07. The fourth-order valence-electron chi connectivity index (χ4n) is 0.511. The van der Waals surface area contributed by atoms with Crippen LogP contribution in [-0.2, 0) is 4.79 Å². The third-order valence-electron chi connectivity index (χ3n) is 1.20. The molecular weight excluding hydrogens is 155 g/mol. The van der Waals surface area contributed by atoms with Crippen molar-refractivity contribution < 1.29 is 24.5 Å². The highest BCUT2D eigenvalue weighted by atomic mass is 19.1. The van der Waals surface area contributed by atoms with Crippen molar-refractivity contribution in [2.45, 2.75) is 25.3 Å². The third kappa shape index (κ3) is 2.92. The predicted octanol–water partition coefficient (Wildman–Crippen LogP) is -1.37. The quantitative estimate of drug-likeness (QED) is 0.481. The highest BCUT2D eigenvalue weighted by Gasteiger charge is 2.28. The summed E-state index contributed by atoms with van der Waals surface area (Å²) in [6, 6.07) is 0. The summed E-state index contributed by atoms with van der Waals surface area (Å²) in [5, 5.41) is 25.4. The molecule has 0 aliphatic heterocycles. The molecule has 0 radical (unpaired) electrons. The Morgan fingerprint density at radius 3 is 2.27 bits per heavy atom. The maximum atomic E-state index is 12.5. The molecule has 0 aromatic heterocycles. The molecule has 3 atom stereocenters. The summed E-state index contributed by atoms with van der Waals surface area (Å²) >= 11 is 0. The molecule has 0 unspecified atom stereocenters. The number of hydrogen-bond donors (Lipinski definition) is 3. The maximum absolute atomic E-state index is 12.5. The molecule has 0 saturated heterocycles. The zero-order chi connectivity index (χ0) is 9.02. The summed E-state index contributed by atoms with van der Waals surface area (Å²) in [4.78, 5) is 10.6. The number of Topliss-reactive ketones (excluding diaryl/α,β-unsaturated/α-hetero) is 1. The van der Waals surface area contributed by atoms with Crippen molar-refractivity contribution in [3.63, 3.8) is 0 Å². The Morgan fingerprint density at radius 1 is 1.55 bits per heavy atom. The van der Waals surface area contributed by atoms with Crippen LogP contribution in [0, 0.1) is 0 Å². The summed E-state index contributed by atoms with van der Waals surface area (Å²) in [5.41, 5.74) is 0. The molecule has 3 N–H and O–H groups in total. The maximum Gasteiger partial charge on any atom is 0.200 e. The van der Waals surface area contributed by atoms with Crippen LogP contribution in [0.5, 0.6) is 0 Å². The van der Waals surface area contributed by atoms with Crippen molar-refractivity contribution in [2.75, 3.05) is 6.61 Å². The summed E-state index contributed by atoms with van der Waals surface area (Å²) < 4.78 is 12.5. The molecule has 66 valence electrons. The Balaban J connectivity index is 4.02. The van der Waals surface area contributed by atoms with Gasteiger partial charge in [-0.15, -0.1) is 0 Å². The van der Waals surface area contributed by atoms with Gasteiger partial charge in [0.1, 0.15) is 6.10 Å². The minimum Gasteiger partial charge on any atom is -0.393 e. The van der Waals surface area contributed by atoms with Gasteiger partial charge in [0, 0.05) is 0 Å². The molecule has 5 heteroatoms. The highest BCUT2D eigenvalue weighted by Crippen LogP contribution is 2.02. The van der Waals surface area contributed by atoms with Crippen LogP contribution >= 0.6 is 0 Å². The van der Waals surface area contributed by atoms with Crippen LogP contribution < -0.4 is 0 Å². The molecule has 0 saturated carbocycles. The second-order valence-corrected chi connectivity index (χ2v) is 2.24. The van der Waals surface area contributed by atoms with Crippen molar-refractivity contribution in [1.29, 1.82) is 0 Å². The Morgan fingerprint density at radius 2 is 2.00 bits per heavy atom. The zero-order valence-corrected chi connectivity index (χ0v) is 6.07. The van der Waals surface area contributed by atoms with Crippen molar-refractivity contribution in [1.82, 2.24) is 0 Å². The van der Waals surface area contributed by atoms with E-state index in [-0.39, 0.29) is 0 Å². The molecule has 0 fully saturated rings. The first kappa shape index (κ1) is 10.5. The molecule has 0 amide bonds. The van der Waals surface area contributed by atoms with Crippen LogP contribution in [0.3, 0.4) is 0 Å². The third-order valence-corrected chi connectivity index (χ3v) is 1.20. The van der Waals surface area contributed by atoms with Crippen LogP contribution in [0.1, 0.15) is 6.92 Å². The summed E-state index contributed by atoms with van der Waals surface area (Å²) in [6.07, 6.45) is -5.32. The van der Waals surface area contributed by atoms with Gasteiger partial charge in [0.2, 0.25) is 0 Å². The Kier molecular flexibility index (Phi) is 4.17. The number of alkyl halides is 1. The molecule has 4 nitrogen and oxygen atoms in total. The molecule has 0 aliphatic carbocycles. The first-order valence-corrected chi connectivity index (χ1v) is 3.15. The smallest absolute Gasteiger partial charge is 0.200 e. The van der Waals surface area contributed by atoms with Gasteiger partial charge in [-0.2, -0.15) is 0 Å².